The first-order valence-corrected chi connectivity index (χ1v) is 43.0. The van der Waals surface area contributed by atoms with Crippen LogP contribution in [0, 0.1) is 0 Å². The summed E-state index contributed by atoms with van der Waals surface area (Å²) < 4.78 is 71.2. The maximum absolute atomic E-state index is 13.6. The van der Waals surface area contributed by atoms with Gasteiger partial charge in [0.25, 0.3) is 0 Å². The standard InChI is InChI=1S/C80H145N3O33/c1-5-7-9-11-13-15-17-19-20-21-22-23-24-26-28-30-32-34-36-38-56(92)83-48(49(91)37-35-33-31-29-27-25-18-16-14-12-10-8-6-2)44-105-77-68(102)65(99)71(53(42-87)110-77)113-79-69(103)66(100)72(54(43-88)111-79)114-80-70(104)74(61(95)52(41-86)109-80)116-76-58(82-47(4)90)73(115-78-67(101)64(98)60(94)51(40-85)108-78)62(96)55(112-76)45-106-75-57(81-46(3)89)63(97)59(93)50(39-84)107-75/h35,37,48-55,57-80,84-88,91,93-104H,5-34,36,38-45H2,1-4H3,(H,81,89)(H,82,90)(H,83,92)/b37-35+/t48-,49+,50?,51?,52?,53?,54?,55?,57?,58?,59+,60-,61-,62-,63+,64-,65+,66+,67?,68?,69?,70?,71+,72-,73+,74-,75+,76-,77+,78-,79-,80-/m0/s1. The summed E-state index contributed by atoms with van der Waals surface area (Å²) in [7, 11) is 0. The number of carbonyl (C=O) groups excluding carboxylic acids is 3. The molecule has 0 aromatic rings. The van der Waals surface area contributed by atoms with E-state index >= 15 is 0 Å². The zero-order valence-electron chi connectivity index (χ0n) is 68.4. The molecular weight excluding hydrogens is 1530 g/mol. The van der Waals surface area contributed by atoms with Gasteiger partial charge in [0.2, 0.25) is 17.7 Å². The first-order valence-electron chi connectivity index (χ1n) is 43.0. The van der Waals surface area contributed by atoms with Crippen LogP contribution in [0.3, 0.4) is 0 Å². The second-order valence-corrected chi connectivity index (χ2v) is 32.1. The van der Waals surface area contributed by atoms with Gasteiger partial charge in [-0.2, -0.15) is 0 Å². The lowest BCUT2D eigenvalue weighted by molar-refractivity contribution is -0.390. The Morgan fingerprint density at radius 3 is 1.16 bits per heavy atom. The van der Waals surface area contributed by atoms with Crippen molar-refractivity contribution in [1.82, 2.24) is 16.0 Å². The van der Waals surface area contributed by atoms with Gasteiger partial charge in [0.1, 0.15) is 146 Å². The van der Waals surface area contributed by atoms with Gasteiger partial charge in [-0.05, 0) is 19.3 Å². The smallest absolute Gasteiger partial charge is 0.220 e. The van der Waals surface area contributed by atoms with Crippen molar-refractivity contribution in [3.05, 3.63) is 12.2 Å². The van der Waals surface area contributed by atoms with Crippen LogP contribution in [-0.2, 0) is 71.2 Å². The highest BCUT2D eigenvalue weighted by atomic mass is 16.8. The lowest BCUT2D eigenvalue weighted by atomic mass is 9.94. The third kappa shape index (κ3) is 31.9. The van der Waals surface area contributed by atoms with Crippen molar-refractivity contribution in [2.75, 3.05) is 46.2 Å². The van der Waals surface area contributed by atoms with E-state index in [1.807, 2.05) is 6.08 Å². The first kappa shape index (κ1) is 102. The van der Waals surface area contributed by atoms with E-state index in [4.69, 9.17) is 56.8 Å². The van der Waals surface area contributed by atoms with Crippen molar-refractivity contribution < 1.29 is 163 Å². The summed E-state index contributed by atoms with van der Waals surface area (Å²) in [5.74, 6) is -1.98. The summed E-state index contributed by atoms with van der Waals surface area (Å²) >= 11 is 0. The van der Waals surface area contributed by atoms with Crippen LogP contribution in [0.5, 0.6) is 0 Å². The van der Waals surface area contributed by atoms with Gasteiger partial charge in [-0.25, -0.2) is 0 Å². The maximum Gasteiger partial charge on any atom is 0.220 e. The van der Waals surface area contributed by atoms with E-state index in [1.165, 1.54) is 135 Å². The Labute approximate surface area is 682 Å². The van der Waals surface area contributed by atoms with Gasteiger partial charge in [0.15, 0.2) is 37.7 Å². The summed E-state index contributed by atoms with van der Waals surface area (Å²) in [5.41, 5.74) is 0. The van der Waals surface area contributed by atoms with Gasteiger partial charge in [-0.3, -0.25) is 14.4 Å². The molecule has 0 radical (unpaired) electrons. The molecule has 32 atom stereocenters. The number of aliphatic hydroxyl groups excluding tert-OH is 18. The van der Waals surface area contributed by atoms with Crippen molar-refractivity contribution in [2.24, 2.45) is 0 Å². The van der Waals surface area contributed by atoms with Gasteiger partial charge in [-0.15, -0.1) is 0 Å². The summed E-state index contributed by atoms with van der Waals surface area (Å²) in [6.45, 7) is 0.291. The number of rotatable bonds is 56. The van der Waals surface area contributed by atoms with Crippen LogP contribution in [0.1, 0.15) is 233 Å². The van der Waals surface area contributed by atoms with Gasteiger partial charge >= 0.3 is 0 Å². The van der Waals surface area contributed by atoms with E-state index in [0.29, 0.717) is 12.8 Å². The number of nitrogens with one attached hydrogen (secondary N) is 3. The van der Waals surface area contributed by atoms with Crippen LogP contribution >= 0.6 is 0 Å². The Morgan fingerprint density at radius 1 is 0.345 bits per heavy atom. The minimum atomic E-state index is -2.31. The molecule has 6 heterocycles. The highest BCUT2D eigenvalue weighted by molar-refractivity contribution is 5.76. The molecule has 0 aromatic heterocycles. The quantitative estimate of drug-likeness (QED) is 0.0260. The normalized spacial score (nSPS) is 36.3. The maximum atomic E-state index is 13.6. The lowest BCUT2D eigenvalue weighted by Gasteiger charge is -2.50. The Morgan fingerprint density at radius 2 is 0.698 bits per heavy atom. The van der Waals surface area contributed by atoms with Gasteiger partial charge < -0.3 is 165 Å². The molecule has 0 aliphatic carbocycles. The van der Waals surface area contributed by atoms with E-state index in [0.717, 1.165) is 65.2 Å². The van der Waals surface area contributed by atoms with Crippen LogP contribution in [0.25, 0.3) is 0 Å². The van der Waals surface area contributed by atoms with Gasteiger partial charge in [-0.1, -0.05) is 206 Å². The van der Waals surface area contributed by atoms with Crippen molar-refractivity contribution in [1.29, 1.82) is 0 Å². The summed E-state index contributed by atoms with van der Waals surface area (Å²) in [5, 5.41) is 208. The number of ether oxygens (including phenoxy) is 12. The fourth-order valence-electron chi connectivity index (χ4n) is 15.7. The number of hydrogen-bond donors (Lipinski definition) is 21. The molecule has 6 saturated heterocycles. The predicted octanol–water partition coefficient (Wildman–Crippen LogP) is -0.864. The number of unbranched alkanes of at least 4 members (excludes halogenated alkanes) is 29. The molecule has 6 rings (SSSR count). The molecule has 0 saturated carbocycles. The second-order valence-electron chi connectivity index (χ2n) is 32.1. The van der Waals surface area contributed by atoms with Gasteiger partial charge in [0.05, 0.1) is 58.4 Å². The zero-order chi connectivity index (χ0) is 84.8. The molecule has 116 heavy (non-hydrogen) atoms. The minimum absolute atomic E-state index is 0.178. The number of amides is 3. The Bertz CT molecular complexity index is 2670. The largest absolute Gasteiger partial charge is 0.394 e. The van der Waals surface area contributed by atoms with E-state index < -0.39 is 254 Å². The fourth-order valence-corrected chi connectivity index (χ4v) is 15.7. The van der Waals surface area contributed by atoms with Crippen LogP contribution in [-0.4, -0.2) is 352 Å². The molecule has 0 spiro atoms. The van der Waals surface area contributed by atoms with Crippen LogP contribution in [0.15, 0.2) is 12.2 Å². The van der Waals surface area contributed by atoms with Crippen molar-refractivity contribution in [3.8, 4) is 0 Å². The highest BCUT2D eigenvalue weighted by Gasteiger charge is 2.58. The molecule has 6 aliphatic rings. The molecule has 678 valence electrons. The molecule has 6 fully saturated rings. The number of hydrogen-bond acceptors (Lipinski definition) is 33. The number of allylic oxidation sites excluding steroid dienone is 1. The van der Waals surface area contributed by atoms with Crippen molar-refractivity contribution in [3.63, 3.8) is 0 Å². The van der Waals surface area contributed by atoms with Crippen LogP contribution in [0.2, 0.25) is 0 Å². The molecule has 36 nitrogen and oxygen atoms in total. The monoisotopic (exact) mass is 1680 g/mol. The zero-order valence-corrected chi connectivity index (χ0v) is 68.4. The van der Waals surface area contributed by atoms with E-state index in [-0.39, 0.29) is 12.3 Å². The molecule has 21 N–H and O–H groups in total. The predicted molar refractivity (Wildman–Crippen MR) is 412 cm³/mol. The summed E-state index contributed by atoms with van der Waals surface area (Å²) in [4.78, 5) is 38.9. The van der Waals surface area contributed by atoms with Crippen molar-refractivity contribution in [2.45, 2.75) is 429 Å². The third-order valence-electron chi connectivity index (χ3n) is 22.7. The van der Waals surface area contributed by atoms with E-state index in [9.17, 15) is 106 Å². The van der Waals surface area contributed by atoms with Crippen LogP contribution < -0.4 is 16.0 Å². The topological polar surface area (TPSA) is 562 Å². The van der Waals surface area contributed by atoms with Crippen molar-refractivity contribution >= 4 is 17.7 Å². The molecule has 0 bridgehead atoms. The molecule has 36 heteroatoms. The summed E-state index contributed by atoms with van der Waals surface area (Å²) in [6.07, 6.45) is -15.6. The molecule has 6 aliphatic heterocycles. The Hall–Kier alpha value is -3.05. The SMILES string of the molecule is CCCCCCCCCCCCC/C=C/[C@@H](O)[C@H](CO[C@@H]1OC(CO)[C@@H](O[C@@H]2OC(CO)[C@H](O[C@@H]3OC(CO)[C@H](O)[C@H](O[C@@H]4OC(CO[C@@H]5OC(CO)[C@@H](O)[C@H](O)C5NC(C)=O)[C@H](O)[C@H](O[C@@H]5OC(CO)[C@H](O)[C@H](O)C5O)C4NC(C)=O)C3O)[C@H](O)C2O)[C@H](O)C1O)NC(=O)CCCCCCCCCCCCCCCCCCCCC. The Kier molecular flexibility index (Phi) is 48.5. The highest BCUT2D eigenvalue weighted by Crippen LogP contribution is 2.38. The lowest BCUT2D eigenvalue weighted by Crippen LogP contribution is -2.70. The second kappa shape index (κ2) is 55.2. The molecule has 12 unspecified atom stereocenters. The molecule has 3 amide bonds. The van der Waals surface area contributed by atoms with E-state index in [1.54, 1.807) is 6.08 Å². The third-order valence-corrected chi connectivity index (χ3v) is 22.7. The average Bonchev–Trinajstić information content (AvgIpc) is 0.771. The first-order chi connectivity index (χ1) is 55.8. The molecular formula is C80H145N3O33. The average molecular weight is 1680 g/mol. The minimum Gasteiger partial charge on any atom is -0.394 e. The number of aliphatic hydroxyl groups is 18. The summed E-state index contributed by atoms with van der Waals surface area (Å²) in [6, 6.07) is -4.48. The fraction of sp³-hybridized carbons (Fsp3) is 0.938. The number of carbonyl (C=O) groups is 3. The Balaban J connectivity index is 1.09. The molecule has 0 aromatic carbocycles. The van der Waals surface area contributed by atoms with Gasteiger partial charge in [0, 0.05) is 20.3 Å². The van der Waals surface area contributed by atoms with E-state index in [2.05, 4.69) is 29.8 Å². The van der Waals surface area contributed by atoms with Crippen LogP contribution in [0.4, 0.5) is 0 Å².